The number of nitrogens with zero attached hydrogens (tertiary/aromatic N) is 2. The van der Waals surface area contributed by atoms with Crippen molar-refractivity contribution in [3.05, 3.63) is 29.4 Å². The zero-order valence-electron chi connectivity index (χ0n) is 23.1. The lowest BCUT2D eigenvalue weighted by Crippen LogP contribution is -2.58. The minimum absolute atomic E-state index is 0.0615. The lowest BCUT2D eigenvalue weighted by molar-refractivity contribution is -0.141. The summed E-state index contributed by atoms with van der Waals surface area (Å²) in [6.45, 7) is 12.5. The molecule has 1 fully saturated rings. The second kappa shape index (κ2) is 10.8. The number of rotatable bonds is 6. The number of benzene rings is 1. The molecule has 0 radical (unpaired) electrons. The molecule has 1 saturated heterocycles. The van der Waals surface area contributed by atoms with Gasteiger partial charge in [-0.2, -0.15) is 0 Å². The van der Waals surface area contributed by atoms with E-state index in [4.69, 9.17) is 31.5 Å². The van der Waals surface area contributed by atoms with Crippen molar-refractivity contribution in [3.8, 4) is 11.6 Å². The molecule has 0 saturated carbocycles. The number of likely N-dealkylation sites (tertiary alicyclic amines) is 1. The van der Waals surface area contributed by atoms with E-state index >= 15 is 0 Å². The summed E-state index contributed by atoms with van der Waals surface area (Å²) in [5, 5.41) is 4.56. The van der Waals surface area contributed by atoms with Crippen LogP contribution in [0.3, 0.4) is 0 Å². The lowest BCUT2D eigenvalue weighted by Gasteiger charge is -2.35. The summed E-state index contributed by atoms with van der Waals surface area (Å²) in [6, 6.07) is 3.33. The molecular formula is C27H37ClN4O6. The fourth-order valence-electron chi connectivity index (χ4n) is 4.55. The first-order valence-corrected chi connectivity index (χ1v) is 12.8. The molecule has 1 aliphatic heterocycles. The van der Waals surface area contributed by atoms with Gasteiger partial charge in [0.1, 0.15) is 29.5 Å². The van der Waals surface area contributed by atoms with Crippen LogP contribution in [0.25, 0.3) is 10.8 Å². The normalized spacial score (nSPS) is 20.7. The Bertz CT molecular complexity index is 1220. The third kappa shape index (κ3) is 6.40. The predicted molar refractivity (Wildman–Crippen MR) is 144 cm³/mol. The number of carbonyl (C=O) groups is 3. The first kappa shape index (κ1) is 29.3. The van der Waals surface area contributed by atoms with Gasteiger partial charge < -0.3 is 30.2 Å². The van der Waals surface area contributed by atoms with Crippen LogP contribution in [0.5, 0.6) is 11.6 Å². The van der Waals surface area contributed by atoms with E-state index in [1.165, 1.54) is 4.90 Å². The fourth-order valence-corrected chi connectivity index (χ4v) is 4.72. The van der Waals surface area contributed by atoms with Crippen molar-refractivity contribution in [2.75, 3.05) is 13.7 Å². The second-order valence-corrected chi connectivity index (χ2v) is 12.1. The van der Waals surface area contributed by atoms with E-state index in [0.29, 0.717) is 16.2 Å². The Hall–Kier alpha value is -3.27. The van der Waals surface area contributed by atoms with Crippen LogP contribution in [0, 0.1) is 11.3 Å². The third-order valence-electron chi connectivity index (χ3n) is 6.40. The monoisotopic (exact) mass is 548 g/mol. The molecule has 3 amide bonds. The number of nitrogens with two attached hydrogens (primary N) is 1. The van der Waals surface area contributed by atoms with Crippen LogP contribution in [0.2, 0.25) is 5.02 Å². The summed E-state index contributed by atoms with van der Waals surface area (Å²) in [7, 11) is 1.54. The van der Waals surface area contributed by atoms with Crippen molar-refractivity contribution >= 4 is 40.3 Å². The minimum atomic E-state index is -0.983. The van der Waals surface area contributed by atoms with Crippen LogP contribution in [0.15, 0.2) is 24.4 Å². The summed E-state index contributed by atoms with van der Waals surface area (Å²) < 4.78 is 17.1. The zero-order valence-corrected chi connectivity index (χ0v) is 23.9. The van der Waals surface area contributed by atoms with Crippen LogP contribution in [-0.4, -0.2) is 65.2 Å². The van der Waals surface area contributed by atoms with Gasteiger partial charge in [-0.15, -0.1) is 0 Å². The number of nitrogens with one attached hydrogen (secondary N) is 1. The number of aromatic nitrogens is 1. The largest absolute Gasteiger partial charge is 0.494 e. The molecule has 1 aromatic carbocycles. The van der Waals surface area contributed by atoms with E-state index in [9.17, 15) is 14.4 Å². The Morgan fingerprint density at radius 2 is 1.82 bits per heavy atom. The standard InChI is InChI=1S/C27H37ClN4O6/c1-14-19(37-23-17-11-15(28)9-10-16(17)18(36-8)12-30-23)13-32(20(14)22(29)33)24(34)21(26(2,3)4)31-25(35)38-27(5,6)7/h9-12,14,19-21H,13H2,1-8H3,(H2,29,33)(H,31,35). The average molecular weight is 549 g/mol. The number of carbonyl (C=O) groups excluding carboxylic acids is 3. The number of amides is 3. The van der Waals surface area contributed by atoms with E-state index in [1.54, 1.807) is 59.2 Å². The van der Waals surface area contributed by atoms with E-state index in [-0.39, 0.29) is 12.4 Å². The van der Waals surface area contributed by atoms with Crippen molar-refractivity contribution in [2.24, 2.45) is 17.1 Å². The quantitative estimate of drug-likeness (QED) is 0.559. The molecule has 1 aromatic heterocycles. The van der Waals surface area contributed by atoms with Gasteiger partial charge in [0.2, 0.25) is 17.7 Å². The van der Waals surface area contributed by atoms with Crippen LogP contribution >= 0.6 is 11.6 Å². The maximum atomic E-state index is 13.8. The number of primary amides is 1. The molecule has 0 aliphatic carbocycles. The number of halogens is 1. The van der Waals surface area contributed by atoms with Gasteiger partial charge in [0.15, 0.2) is 0 Å². The minimum Gasteiger partial charge on any atom is -0.494 e. The van der Waals surface area contributed by atoms with Crippen molar-refractivity contribution in [3.63, 3.8) is 0 Å². The summed E-state index contributed by atoms with van der Waals surface area (Å²) in [4.78, 5) is 44.8. The lowest BCUT2D eigenvalue weighted by atomic mass is 9.85. The summed E-state index contributed by atoms with van der Waals surface area (Å²) in [6.07, 6.45) is 0.203. The summed E-state index contributed by atoms with van der Waals surface area (Å²) in [5.41, 5.74) is 4.33. The Balaban J connectivity index is 1.93. The van der Waals surface area contributed by atoms with Crippen molar-refractivity contribution < 1.29 is 28.6 Å². The molecule has 4 atom stereocenters. The Kier molecular flexibility index (Phi) is 8.36. The number of fused-ring (bicyclic) bond motifs is 1. The van der Waals surface area contributed by atoms with Crippen molar-refractivity contribution in [2.45, 2.75) is 72.3 Å². The molecule has 0 spiro atoms. The average Bonchev–Trinajstić information content (AvgIpc) is 3.11. The Morgan fingerprint density at radius 1 is 1.16 bits per heavy atom. The Morgan fingerprint density at radius 3 is 2.37 bits per heavy atom. The molecule has 38 heavy (non-hydrogen) atoms. The van der Waals surface area contributed by atoms with Gasteiger partial charge in [-0.25, -0.2) is 9.78 Å². The molecule has 2 heterocycles. The van der Waals surface area contributed by atoms with Gasteiger partial charge in [0, 0.05) is 21.7 Å². The first-order chi connectivity index (χ1) is 17.5. The zero-order chi connectivity index (χ0) is 28.6. The summed E-state index contributed by atoms with van der Waals surface area (Å²) >= 11 is 6.24. The molecule has 3 rings (SSSR count). The third-order valence-corrected chi connectivity index (χ3v) is 6.64. The number of pyridine rings is 1. The molecular weight excluding hydrogens is 512 g/mol. The molecule has 2 aromatic rings. The van der Waals surface area contributed by atoms with E-state index in [0.717, 1.165) is 5.39 Å². The smallest absolute Gasteiger partial charge is 0.408 e. The molecule has 1 aliphatic rings. The number of hydrogen-bond acceptors (Lipinski definition) is 7. The highest BCUT2D eigenvalue weighted by molar-refractivity contribution is 6.31. The fraction of sp³-hybridized carbons (Fsp3) is 0.556. The van der Waals surface area contributed by atoms with E-state index < -0.39 is 53.0 Å². The second-order valence-electron chi connectivity index (χ2n) is 11.6. The SMILES string of the molecule is COc1cnc(OC2CN(C(=O)C(NC(=O)OC(C)(C)C)C(C)(C)C)C(C(N)=O)C2C)c2cc(Cl)ccc12. The van der Waals surface area contributed by atoms with Crippen LogP contribution in [-0.2, 0) is 14.3 Å². The maximum absolute atomic E-state index is 13.8. The summed E-state index contributed by atoms with van der Waals surface area (Å²) in [5.74, 6) is -0.747. The molecule has 11 heteroatoms. The maximum Gasteiger partial charge on any atom is 0.408 e. The van der Waals surface area contributed by atoms with Gasteiger partial charge in [0.05, 0.1) is 19.9 Å². The predicted octanol–water partition coefficient (Wildman–Crippen LogP) is 3.92. The van der Waals surface area contributed by atoms with Gasteiger partial charge in [-0.1, -0.05) is 39.3 Å². The van der Waals surface area contributed by atoms with Gasteiger partial charge in [0.25, 0.3) is 0 Å². The van der Waals surface area contributed by atoms with Gasteiger partial charge in [-0.05, 0) is 44.4 Å². The first-order valence-electron chi connectivity index (χ1n) is 12.4. The highest BCUT2D eigenvalue weighted by Crippen LogP contribution is 2.36. The van der Waals surface area contributed by atoms with Gasteiger partial charge in [-0.3, -0.25) is 9.59 Å². The molecule has 4 unspecified atom stereocenters. The molecule has 10 nitrogen and oxygen atoms in total. The van der Waals surface area contributed by atoms with Crippen LogP contribution in [0.1, 0.15) is 48.5 Å². The molecule has 0 bridgehead atoms. The van der Waals surface area contributed by atoms with Crippen LogP contribution in [0.4, 0.5) is 4.79 Å². The Labute approximate surface area is 228 Å². The highest BCUT2D eigenvalue weighted by atomic mass is 35.5. The van der Waals surface area contributed by atoms with Gasteiger partial charge >= 0.3 is 6.09 Å². The highest BCUT2D eigenvalue weighted by Gasteiger charge is 2.49. The van der Waals surface area contributed by atoms with E-state index in [1.807, 2.05) is 20.8 Å². The number of ether oxygens (including phenoxy) is 3. The van der Waals surface area contributed by atoms with E-state index in [2.05, 4.69) is 10.3 Å². The number of hydrogen-bond donors (Lipinski definition) is 2. The number of methoxy groups -OCH3 is 1. The van der Waals surface area contributed by atoms with Crippen molar-refractivity contribution in [1.82, 2.24) is 15.2 Å². The topological polar surface area (TPSA) is 133 Å². The van der Waals surface area contributed by atoms with Crippen LogP contribution < -0.4 is 20.5 Å². The number of alkyl carbamates (subject to hydrolysis) is 1. The molecule has 208 valence electrons. The van der Waals surface area contributed by atoms with Crippen molar-refractivity contribution in [1.29, 1.82) is 0 Å². The molecule has 3 N–H and O–H groups in total.